The van der Waals surface area contributed by atoms with Gasteiger partial charge in [-0.15, -0.1) is 23.4 Å². The minimum atomic E-state index is -1.07. The van der Waals surface area contributed by atoms with Crippen molar-refractivity contribution in [2.24, 2.45) is 0 Å². The molecule has 86 valence electrons. The summed E-state index contributed by atoms with van der Waals surface area (Å²) >= 11 is 6.76. The first-order valence-corrected chi connectivity index (χ1v) is 5.67. The van der Waals surface area contributed by atoms with E-state index in [4.69, 9.17) is 16.7 Å². The van der Waals surface area contributed by atoms with Gasteiger partial charge in [-0.2, -0.15) is 0 Å². The Labute approximate surface area is 101 Å². The molecule has 0 amide bonds. The summed E-state index contributed by atoms with van der Waals surface area (Å²) in [6.45, 7) is 0. The summed E-state index contributed by atoms with van der Waals surface area (Å²) in [5, 5.41) is 18.0. The summed E-state index contributed by atoms with van der Waals surface area (Å²) in [5.41, 5.74) is 0.00464. The zero-order chi connectivity index (χ0) is 12.1. The van der Waals surface area contributed by atoms with Gasteiger partial charge in [0, 0.05) is 22.8 Å². The molecule has 16 heavy (non-hydrogen) atoms. The van der Waals surface area contributed by atoms with Crippen LogP contribution in [0.15, 0.2) is 29.2 Å². The molecular formula is C9H8ClNO4S. The Morgan fingerprint density at radius 2 is 2.06 bits per heavy atom. The molecule has 0 fully saturated rings. The topological polar surface area (TPSA) is 80.4 Å². The van der Waals surface area contributed by atoms with Crippen LogP contribution in [0.25, 0.3) is 0 Å². The van der Waals surface area contributed by atoms with E-state index in [9.17, 15) is 14.9 Å². The van der Waals surface area contributed by atoms with Crippen molar-refractivity contribution in [1.29, 1.82) is 0 Å². The Morgan fingerprint density at radius 3 is 2.50 bits per heavy atom. The average molecular weight is 262 g/mol. The van der Waals surface area contributed by atoms with E-state index in [1.54, 1.807) is 12.1 Å². The van der Waals surface area contributed by atoms with Gasteiger partial charge in [0.15, 0.2) is 0 Å². The maximum absolute atomic E-state index is 10.4. The first-order chi connectivity index (χ1) is 7.50. The Morgan fingerprint density at radius 1 is 1.50 bits per heavy atom. The lowest BCUT2D eigenvalue weighted by atomic mass is 10.3. The SMILES string of the molecule is O=C(O)C(Cl)CSc1ccc([N+](=O)[O-])cc1. The van der Waals surface area contributed by atoms with Gasteiger partial charge in [0.1, 0.15) is 5.38 Å². The molecule has 1 N–H and O–H groups in total. The third-order valence-electron chi connectivity index (χ3n) is 1.71. The van der Waals surface area contributed by atoms with Crippen LogP contribution in [0.2, 0.25) is 0 Å². The molecule has 0 heterocycles. The molecule has 7 heteroatoms. The molecule has 1 rings (SSSR count). The van der Waals surface area contributed by atoms with Gasteiger partial charge in [0.25, 0.3) is 5.69 Å². The van der Waals surface area contributed by atoms with Crippen molar-refractivity contribution >= 4 is 35.0 Å². The highest BCUT2D eigenvalue weighted by atomic mass is 35.5. The van der Waals surface area contributed by atoms with Crippen LogP contribution in [-0.4, -0.2) is 27.1 Å². The van der Waals surface area contributed by atoms with Crippen molar-refractivity contribution in [1.82, 2.24) is 0 Å². The first kappa shape index (κ1) is 12.8. The standard InChI is InChI=1S/C9H8ClNO4S/c10-8(9(12)13)5-16-7-3-1-6(2-4-7)11(14)15/h1-4,8H,5H2,(H,12,13). The van der Waals surface area contributed by atoms with Gasteiger partial charge in [-0.25, -0.2) is 0 Å². The van der Waals surface area contributed by atoms with Crippen molar-refractivity contribution in [3.8, 4) is 0 Å². The highest BCUT2D eigenvalue weighted by Crippen LogP contribution is 2.23. The number of nitrogens with zero attached hydrogens (tertiary/aromatic N) is 1. The second-order valence-electron chi connectivity index (χ2n) is 2.87. The van der Waals surface area contributed by atoms with Crippen LogP contribution < -0.4 is 0 Å². The number of rotatable bonds is 5. The minimum absolute atomic E-state index is 0.00464. The normalized spacial score (nSPS) is 12.1. The number of aliphatic carboxylic acids is 1. The van der Waals surface area contributed by atoms with Gasteiger partial charge in [0.2, 0.25) is 0 Å². The van der Waals surface area contributed by atoms with Crippen LogP contribution >= 0.6 is 23.4 Å². The van der Waals surface area contributed by atoms with Crippen molar-refractivity contribution in [2.45, 2.75) is 10.3 Å². The van der Waals surface area contributed by atoms with Crippen molar-refractivity contribution in [2.75, 3.05) is 5.75 Å². The molecule has 1 atom stereocenters. The molecule has 0 saturated heterocycles. The lowest BCUT2D eigenvalue weighted by Crippen LogP contribution is -2.15. The van der Waals surface area contributed by atoms with Crippen LogP contribution in [0.4, 0.5) is 5.69 Å². The van der Waals surface area contributed by atoms with Crippen LogP contribution in [0.3, 0.4) is 0 Å². The number of nitro groups is 1. The Bertz CT molecular complexity index is 395. The van der Waals surface area contributed by atoms with E-state index < -0.39 is 16.3 Å². The van der Waals surface area contributed by atoms with E-state index in [0.29, 0.717) is 0 Å². The molecular weight excluding hydrogens is 254 g/mol. The third-order valence-corrected chi connectivity index (χ3v) is 3.34. The summed E-state index contributed by atoms with van der Waals surface area (Å²) in [4.78, 5) is 21.1. The van der Waals surface area contributed by atoms with Crippen LogP contribution in [-0.2, 0) is 4.79 Å². The highest BCUT2D eigenvalue weighted by Gasteiger charge is 2.13. The van der Waals surface area contributed by atoms with Gasteiger partial charge in [0.05, 0.1) is 4.92 Å². The number of nitro benzene ring substituents is 1. The molecule has 5 nitrogen and oxygen atoms in total. The zero-order valence-corrected chi connectivity index (χ0v) is 9.57. The van der Waals surface area contributed by atoms with Crippen molar-refractivity contribution in [3.63, 3.8) is 0 Å². The minimum Gasteiger partial charge on any atom is -0.480 e. The molecule has 0 bridgehead atoms. The first-order valence-electron chi connectivity index (χ1n) is 4.25. The number of thioether (sulfide) groups is 1. The predicted octanol–water partition coefficient (Wildman–Crippen LogP) is 2.38. The fourth-order valence-electron chi connectivity index (χ4n) is 0.905. The Balaban J connectivity index is 2.56. The van der Waals surface area contributed by atoms with Gasteiger partial charge in [-0.3, -0.25) is 14.9 Å². The smallest absolute Gasteiger partial charge is 0.322 e. The fraction of sp³-hybridized carbons (Fsp3) is 0.222. The number of carbonyl (C=O) groups is 1. The number of hydrogen-bond donors (Lipinski definition) is 1. The number of carboxylic acids is 1. The maximum atomic E-state index is 10.4. The lowest BCUT2D eigenvalue weighted by Gasteiger charge is -2.03. The predicted molar refractivity (Wildman–Crippen MR) is 61.1 cm³/mol. The number of carboxylic acid groups (broad SMARTS) is 1. The second-order valence-corrected chi connectivity index (χ2v) is 4.49. The van der Waals surface area contributed by atoms with Gasteiger partial charge >= 0.3 is 5.97 Å². The average Bonchev–Trinajstić information content (AvgIpc) is 2.26. The van der Waals surface area contributed by atoms with E-state index in [-0.39, 0.29) is 11.4 Å². The molecule has 0 aliphatic heterocycles. The molecule has 0 aromatic heterocycles. The molecule has 0 saturated carbocycles. The fourth-order valence-corrected chi connectivity index (χ4v) is 1.90. The second kappa shape index (κ2) is 5.72. The monoisotopic (exact) mass is 261 g/mol. The molecule has 1 unspecified atom stereocenters. The van der Waals surface area contributed by atoms with Crippen LogP contribution in [0, 0.1) is 10.1 Å². The van der Waals surface area contributed by atoms with Gasteiger partial charge in [-0.1, -0.05) is 0 Å². The third kappa shape index (κ3) is 3.71. The molecule has 0 aliphatic carbocycles. The van der Waals surface area contributed by atoms with E-state index >= 15 is 0 Å². The van der Waals surface area contributed by atoms with Crippen LogP contribution in [0.5, 0.6) is 0 Å². The number of hydrogen-bond acceptors (Lipinski definition) is 4. The molecule has 1 aromatic rings. The van der Waals surface area contributed by atoms with E-state index in [2.05, 4.69) is 0 Å². The summed E-state index contributed by atoms with van der Waals surface area (Å²) in [7, 11) is 0. The maximum Gasteiger partial charge on any atom is 0.322 e. The Hall–Kier alpha value is -1.27. The Kier molecular flexibility index (Phi) is 4.57. The van der Waals surface area contributed by atoms with Crippen molar-refractivity contribution < 1.29 is 14.8 Å². The molecule has 1 aromatic carbocycles. The number of halogens is 1. The van der Waals surface area contributed by atoms with Crippen molar-refractivity contribution in [3.05, 3.63) is 34.4 Å². The number of benzene rings is 1. The van der Waals surface area contributed by atoms with Gasteiger partial charge < -0.3 is 5.11 Å². The molecule has 0 spiro atoms. The van der Waals surface area contributed by atoms with E-state index in [1.165, 1.54) is 23.9 Å². The highest BCUT2D eigenvalue weighted by molar-refractivity contribution is 7.99. The number of alkyl halides is 1. The summed E-state index contributed by atoms with van der Waals surface area (Å²) in [5.74, 6) is -0.856. The largest absolute Gasteiger partial charge is 0.480 e. The van der Waals surface area contributed by atoms with Crippen LogP contribution in [0.1, 0.15) is 0 Å². The summed E-state index contributed by atoms with van der Waals surface area (Å²) in [6, 6.07) is 5.86. The van der Waals surface area contributed by atoms with E-state index in [1.807, 2.05) is 0 Å². The zero-order valence-electron chi connectivity index (χ0n) is 8.00. The lowest BCUT2D eigenvalue weighted by molar-refractivity contribution is -0.384. The quantitative estimate of drug-likeness (QED) is 0.381. The molecule has 0 radical (unpaired) electrons. The summed E-state index contributed by atoms with van der Waals surface area (Å²) in [6.07, 6.45) is 0. The molecule has 0 aliphatic rings. The van der Waals surface area contributed by atoms with E-state index in [0.717, 1.165) is 4.90 Å². The van der Waals surface area contributed by atoms with Gasteiger partial charge in [-0.05, 0) is 12.1 Å². The number of non-ortho nitro benzene ring substituents is 1. The summed E-state index contributed by atoms with van der Waals surface area (Å²) < 4.78 is 0.